The van der Waals surface area contributed by atoms with Crippen LogP contribution in [0.4, 0.5) is 4.39 Å². The Bertz CT molecular complexity index is 413. The second-order valence-electron chi connectivity index (χ2n) is 6.17. The van der Waals surface area contributed by atoms with E-state index in [1.807, 2.05) is 6.92 Å². The molecule has 1 aromatic carbocycles. The highest BCUT2D eigenvalue weighted by molar-refractivity contribution is 5.26. The fraction of sp³-hybridized carbons (Fsp3) is 0.600. The van der Waals surface area contributed by atoms with E-state index in [4.69, 9.17) is 0 Å². The van der Waals surface area contributed by atoms with Crippen molar-refractivity contribution >= 4 is 0 Å². The Morgan fingerprint density at radius 1 is 1.24 bits per heavy atom. The highest BCUT2D eigenvalue weighted by Gasteiger charge is 2.44. The van der Waals surface area contributed by atoms with Crippen molar-refractivity contribution < 1.29 is 9.50 Å². The van der Waals surface area contributed by atoms with Crippen LogP contribution >= 0.6 is 0 Å². The molecule has 1 aliphatic rings. The normalized spacial score (nSPS) is 32.4. The van der Waals surface area contributed by atoms with Crippen LogP contribution in [-0.2, 0) is 5.60 Å². The average Bonchev–Trinajstić information content (AvgIpc) is 2.24. The minimum absolute atomic E-state index is 0.0862. The molecule has 2 heteroatoms. The van der Waals surface area contributed by atoms with Crippen LogP contribution in [0.5, 0.6) is 0 Å². The van der Waals surface area contributed by atoms with Gasteiger partial charge in [-0.2, -0.15) is 0 Å². The number of rotatable bonds is 1. The van der Waals surface area contributed by atoms with Crippen molar-refractivity contribution in [2.75, 3.05) is 0 Å². The zero-order valence-electron chi connectivity index (χ0n) is 10.8. The summed E-state index contributed by atoms with van der Waals surface area (Å²) in [5, 5.41) is 10.8. The summed E-state index contributed by atoms with van der Waals surface area (Å²) in [5.41, 5.74) is -0.291. The summed E-state index contributed by atoms with van der Waals surface area (Å²) in [4.78, 5) is 0. The number of benzene rings is 1. The SMILES string of the molecule is CC1CC(C)(C)CCC1(O)c1ccccc1F. The van der Waals surface area contributed by atoms with Gasteiger partial charge in [-0.1, -0.05) is 39.0 Å². The molecule has 1 nitrogen and oxygen atoms in total. The number of aliphatic hydroxyl groups is 1. The van der Waals surface area contributed by atoms with Gasteiger partial charge in [0.2, 0.25) is 0 Å². The van der Waals surface area contributed by atoms with Gasteiger partial charge >= 0.3 is 0 Å². The molecule has 1 aliphatic carbocycles. The van der Waals surface area contributed by atoms with Gasteiger partial charge < -0.3 is 5.11 Å². The predicted molar refractivity (Wildman–Crippen MR) is 67.1 cm³/mol. The van der Waals surface area contributed by atoms with E-state index in [2.05, 4.69) is 13.8 Å². The molecule has 0 amide bonds. The van der Waals surface area contributed by atoms with Crippen LogP contribution in [0.25, 0.3) is 0 Å². The monoisotopic (exact) mass is 236 g/mol. The first-order chi connectivity index (χ1) is 7.85. The molecular formula is C15H21FO. The van der Waals surface area contributed by atoms with Gasteiger partial charge in [-0.25, -0.2) is 4.39 Å². The topological polar surface area (TPSA) is 20.2 Å². The first-order valence-electron chi connectivity index (χ1n) is 6.32. The van der Waals surface area contributed by atoms with Crippen LogP contribution in [-0.4, -0.2) is 5.11 Å². The lowest BCUT2D eigenvalue weighted by Gasteiger charge is -2.45. The molecule has 1 aromatic rings. The fourth-order valence-corrected chi connectivity index (χ4v) is 3.09. The lowest BCUT2D eigenvalue weighted by atomic mass is 9.63. The Morgan fingerprint density at radius 2 is 1.88 bits per heavy atom. The lowest BCUT2D eigenvalue weighted by Crippen LogP contribution is -2.42. The molecule has 0 heterocycles. The Labute approximate surface area is 103 Å². The third-order valence-corrected chi connectivity index (χ3v) is 4.20. The number of hydrogen-bond acceptors (Lipinski definition) is 1. The Kier molecular flexibility index (Phi) is 3.03. The Hall–Kier alpha value is -0.890. The fourth-order valence-electron chi connectivity index (χ4n) is 3.09. The quantitative estimate of drug-likeness (QED) is 0.785. The van der Waals surface area contributed by atoms with E-state index in [9.17, 15) is 9.50 Å². The molecule has 0 bridgehead atoms. The molecule has 0 aromatic heterocycles. The van der Waals surface area contributed by atoms with Gasteiger partial charge in [-0.3, -0.25) is 0 Å². The van der Waals surface area contributed by atoms with Gasteiger partial charge in [0.15, 0.2) is 0 Å². The molecule has 2 unspecified atom stereocenters. The first kappa shape index (κ1) is 12.6. The Balaban J connectivity index is 2.35. The van der Waals surface area contributed by atoms with E-state index in [1.54, 1.807) is 18.2 Å². The van der Waals surface area contributed by atoms with Gasteiger partial charge in [0, 0.05) is 5.56 Å². The summed E-state index contributed by atoms with van der Waals surface area (Å²) in [5.74, 6) is -0.204. The van der Waals surface area contributed by atoms with Crippen molar-refractivity contribution in [3.05, 3.63) is 35.6 Å². The molecule has 0 saturated heterocycles. The van der Waals surface area contributed by atoms with Crippen molar-refractivity contribution in [2.45, 2.75) is 45.6 Å². The van der Waals surface area contributed by atoms with E-state index in [-0.39, 0.29) is 17.2 Å². The molecule has 0 spiro atoms. The summed E-state index contributed by atoms with van der Waals surface area (Å²) in [7, 11) is 0. The number of hydrogen-bond donors (Lipinski definition) is 1. The maximum absolute atomic E-state index is 13.8. The summed E-state index contributed by atoms with van der Waals surface area (Å²) in [6.45, 7) is 6.45. The summed E-state index contributed by atoms with van der Waals surface area (Å²) in [6, 6.07) is 6.60. The highest BCUT2D eigenvalue weighted by atomic mass is 19.1. The molecule has 1 saturated carbocycles. The maximum Gasteiger partial charge on any atom is 0.129 e. The second kappa shape index (κ2) is 4.09. The first-order valence-corrected chi connectivity index (χ1v) is 6.32. The van der Waals surface area contributed by atoms with E-state index in [1.165, 1.54) is 6.07 Å². The van der Waals surface area contributed by atoms with Gasteiger partial charge in [0.05, 0.1) is 5.60 Å². The lowest BCUT2D eigenvalue weighted by molar-refractivity contribution is -0.0791. The van der Waals surface area contributed by atoms with Crippen LogP contribution < -0.4 is 0 Å². The maximum atomic E-state index is 13.8. The summed E-state index contributed by atoms with van der Waals surface area (Å²) < 4.78 is 13.8. The molecule has 0 radical (unpaired) electrons. The van der Waals surface area contributed by atoms with Crippen molar-refractivity contribution in [3.63, 3.8) is 0 Å². The van der Waals surface area contributed by atoms with Crippen molar-refractivity contribution in [1.29, 1.82) is 0 Å². The Morgan fingerprint density at radius 3 is 2.47 bits per heavy atom. The molecule has 17 heavy (non-hydrogen) atoms. The molecule has 0 aliphatic heterocycles. The van der Waals surface area contributed by atoms with E-state index in [0.29, 0.717) is 12.0 Å². The molecule has 1 N–H and O–H groups in total. The predicted octanol–water partition coefficient (Wildman–Crippen LogP) is 3.86. The minimum Gasteiger partial charge on any atom is -0.385 e. The van der Waals surface area contributed by atoms with Crippen LogP contribution in [0, 0.1) is 17.2 Å². The summed E-state index contributed by atoms with van der Waals surface area (Å²) in [6.07, 6.45) is 2.50. The average molecular weight is 236 g/mol. The molecular weight excluding hydrogens is 215 g/mol. The smallest absolute Gasteiger partial charge is 0.129 e. The van der Waals surface area contributed by atoms with Gasteiger partial charge in [-0.05, 0) is 36.7 Å². The largest absolute Gasteiger partial charge is 0.385 e. The van der Waals surface area contributed by atoms with E-state index >= 15 is 0 Å². The zero-order chi connectivity index (χ0) is 12.7. The van der Waals surface area contributed by atoms with E-state index in [0.717, 1.165) is 12.8 Å². The van der Waals surface area contributed by atoms with Gasteiger partial charge in [0.25, 0.3) is 0 Å². The molecule has 94 valence electrons. The second-order valence-corrected chi connectivity index (χ2v) is 6.17. The van der Waals surface area contributed by atoms with Gasteiger partial charge in [0.1, 0.15) is 5.82 Å². The van der Waals surface area contributed by atoms with Crippen LogP contribution in [0.1, 0.15) is 45.6 Å². The van der Waals surface area contributed by atoms with Crippen molar-refractivity contribution in [1.82, 2.24) is 0 Å². The van der Waals surface area contributed by atoms with Crippen LogP contribution in [0.3, 0.4) is 0 Å². The zero-order valence-corrected chi connectivity index (χ0v) is 10.8. The highest BCUT2D eigenvalue weighted by Crippen LogP contribution is 2.49. The summed E-state index contributed by atoms with van der Waals surface area (Å²) >= 11 is 0. The van der Waals surface area contributed by atoms with Crippen molar-refractivity contribution in [2.24, 2.45) is 11.3 Å². The van der Waals surface area contributed by atoms with Crippen LogP contribution in [0.15, 0.2) is 24.3 Å². The molecule has 2 atom stereocenters. The van der Waals surface area contributed by atoms with Gasteiger partial charge in [-0.15, -0.1) is 0 Å². The van der Waals surface area contributed by atoms with Crippen LogP contribution in [0.2, 0.25) is 0 Å². The van der Waals surface area contributed by atoms with E-state index < -0.39 is 5.60 Å². The third-order valence-electron chi connectivity index (χ3n) is 4.20. The molecule has 2 rings (SSSR count). The third kappa shape index (κ3) is 2.23. The van der Waals surface area contributed by atoms with Crippen molar-refractivity contribution in [3.8, 4) is 0 Å². The standard InChI is InChI=1S/C15H21FO/c1-11-10-14(2,3)8-9-15(11,17)12-6-4-5-7-13(12)16/h4-7,11,17H,8-10H2,1-3H3. The number of halogens is 1. The molecule has 1 fully saturated rings. The minimum atomic E-state index is -0.999.